The number of methoxy groups -OCH3 is 1. The Morgan fingerprint density at radius 3 is 2.21 bits per heavy atom. The third kappa shape index (κ3) is 4.37. The van der Waals surface area contributed by atoms with Gasteiger partial charge >= 0.3 is 0 Å². The standard InChI is InChI=1S/C16H15Cl2N3O3/c1-24-14-12(18)3-2-11(17)13(14)16(23)21-9-8-20-15(22)10-4-6-19-7-5-10/h2-7H,8-9H2,1H3,(H,20,22)(H,21,23). The molecule has 0 saturated heterocycles. The zero-order chi connectivity index (χ0) is 17.5. The van der Waals surface area contributed by atoms with Gasteiger partial charge in [0, 0.05) is 31.0 Å². The molecule has 0 saturated carbocycles. The van der Waals surface area contributed by atoms with Gasteiger partial charge in [-0.05, 0) is 24.3 Å². The Hall–Kier alpha value is -2.31. The normalized spacial score (nSPS) is 10.1. The van der Waals surface area contributed by atoms with E-state index in [0.717, 1.165) is 0 Å². The number of amides is 2. The third-order valence-electron chi connectivity index (χ3n) is 3.13. The number of rotatable bonds is 6. The fraction of sp³-hybridized carbons (Fsp3) is 0.188. The minimum Gasteiger partial charge on any atom is -0.494 e. The first-order valence-corrected chi connectivity index (χ1v) is 7.78. The highest BCUT2D eigenvalue weighted by molar-refractivity contribution is 6.37. The minimum absolute atomic E-state index is 0.159. The zero-order valence-electron chi connectivity index (χ0n) is 12.8. The van der Waals surface area contributed by atoms with E-state index < -0.39 is 5.91 Å². The molecule has 0 unspecified atom stereocenters. The molecule has 0 atom stereocenters. The summed E-state index contributed by atoms with van der Waals surface area (Å²) in [5.41, 5.74) is 0.656. The predicted molar refractivity (Wildman–Crippen MR) is 91.9 cm³/mol. The highest BCUT2D eigenvalue weighted by Crippen LogP contribution is 2.33. The van der Waals surface area contributed by atoms with Crippen LogP contribution in [0.1, 0.15) is 20.7 Å². The van der Waals surface area contributed by atoms with Crippen LogP contribution in [0.15, 0.2) is 36.7 Å². The second kappa shape index (κ2) is 8.52. The van der Waals surface area contributed by atoms with Crippen molar-refractivity contribution in [3.63, 3.8) is 0 Å². The Bertz CT molecular complexity index is 739. The van der Waals surface area contributed by atoms with Gasteiger partial charge in [-0.2, -0.15) is 0 Å². The van der Waals surface area contributed by atoms with E-state index in [1.165, 1.54) is 25.6 Å². The van der Waals surface area contributed by atoms with Crippen LogP contribution in [0.25, 0.3) is 0 Å². The molecule has 0 radical (unpaired) electrons. The highest BCUT2D eigenvalue weighted by Gasteiger charge is 2.19. The van der Waals surface area contributed by atoms with Crippen molar-refractivity contribution in [3.8, 4) is 5.75 Å². The van der Waals surface area contributed by atoms with E-state index in [9.17, 15) is 9.59 Å². The molecule has 126 valence electrons. The van der Waals surface area contributed by atoms with Gasteiger partial charge in [-0.1, -0.05) is 23.2 Å². The van der Waals surface area contributed by atoms with Gasteiger partial charge in [-0.25, -0.2) is 0 Å². The molecule has 0 spiro atoms. The number of ether oxygens (including phenoxy) is 1. The second-order valence-electron chi connectivity index (χ2n) is 4.69. The summed E-state index contributed by atoms with van der Waals surface area (Å²) in [6.45, 7) is 0.481. The molecule has 2 aromatic rings. The highest BCUT2D eigenvalue weighted by atomic mass is 35.5. The summed E-state index contributed by atoms with van der Waals surface area (Å²) >= 11 is 12.0. The molecule has 0 aliphatic heterocycles. The first kappa shape index (κ1) is 18.0. The number of hydrogen-bond donors (Lipinski definition) is 2. The van der Waals surface area contributed by atoms with Crippen molar-refractivity contribution in [2.75, 3.05) is 20.2 Å². The lowest BCUT2D eigenvalue weighted by Gasteiger charge is -2.12. The van der Waals surface area contributed by atoms with E-state index >= 15 is 0 Å². The molecule has 1 aromatic heterocycles. The van der Waals surface area contributed by atoms with Crippen LogP contribution in [-0.4, -0.2) is 37.0 Å². The molecule has 24 heavy (non-hydrogen) atoms. The summed E-state index contributed by atoms with van der Waals surface area (Å²) in [7, 11) is 1.41. The van der Waals surface area contributed by atoms with Gasteiger partial charge in [-0.3, -0.25) is 14.6 Å². The molecule has 0 fully saturated rings. The van der Waals surface area contributed by atoms with Gasteiger partial charge in [0.25, 0.3) is 11.8 Å². The Labute approximate surface area is 149 Å². The molecule has 0 aliphatic rings. The molecule has 2 rings (SSSR count). The van der Waals surface area contributed by atoms with Gasteiger partial charge in [0.05, 0.1) is 17.2 Å². The zero-order valence-corrected chi connectivity index (χ0v) is 14.3. The average molecular weight is 368 g/mol. The molecular formula is C16H15Cl2N3O3. The Balaban J connectivity index is 1.90. The van der Waals surface area contributed by atoms with Crippen molar-refractivity contribution in [3.05, 3.63) is 57.8 Å². The van der Waals surface area contributed by atoms with E-state index in [4.69, 9.17) is 27.9 Å². The summed E-state index contributed by atoms with van der Waals surface area (Å²) in [5.74, 6) is -0.468. The maximum Gasteiger partial charge on any atom is 0.256 e. The molecule has 1 aromatic carbocycles. The van der Waals surface area contributed by atoms with Crippen molar-refractivity contribution in [2.24, 2.45) is 0 Å². The van der Waals surface area contributed by atoms with Crippen LogP contribution in [0.3, 0.4) is 0 Å². The molecule has 0 aliphatic carbocycles. The lowest BCUT2D eigenvalue weighted by Crippen LogP contribution is -2.35. The summed E-state index contributed by atoms with van der Waals surface area (Å²) in [4.78, 5) is 27.9. The number of carbonyl (C=O) groups excluding carboxylic acids is 2. The van der Waals surface area contributed by atoms with Crippen LogP contribution in [0.2, 0.25) is 10.0 Å². The predicted octanol–water partition coefficient (Wildman–Crippen LogP) is 2.56. The Morgan fingerprint density at radius 1 is 1.00 bits per heavy atom. The molecule has 2 amide bonds. The lowest BCUT2D eigenvalue weighted by molar-refractivity contribution is 0.0926. The molecular weight excluding hydrogens is 353 g/mol. The number of pyridine rings is 1. The van der Waals surface area contributed by atoms with Crippen molar-refractivity contribution in [1.82, 2.24) is 15.6 Å². The van der Waals surface area contributed by atoms with Crippen molar-refractivity contribution >= 4 is 35.0 Å². The summed E-state index contributed by atoms with van der Waals surface area (Å²) in [5, 5.41) is 5.87. The van der Waals surface area contributed by atoms with Crippen molar-refractivity contribution < 1.29 is 14.3 Å². The Kier molecular flexibility index (Phi) is 6.40. The second-order valence-corrected chi connectivity index (χ2v) is 5.50. The number of carbonyl (C=O) groups is 2. The van der Waals surface area contributed by atoms with Crippen LogP contribution in [0.4, 0.5) is 0 Å². The molecule has 1 heterocycles. The largest absolute Gasteiger partial charge is 0.494 e. The molecule has 2 N–H and O–H groups in total. The van der Waals surface area contributed by atoms with Crippen molar-refractivity contribution in [2.45, 2.75) is 0 Å². The lowest BCUT2D eigenvalue weighted by atomic mass is 10.2. The topological polar surface area (TPSA) is 80.3 Å². The van der Waals surface area contributed by atoms with Crippen LogP contribution >= 0.6 is 23.2 Å². The van der Waals surface area contributed by atoms with E-state index in [1.807, 2.05) is 0 Å². The SMILES string of the molecule is COc1c(Cl)ccc(Cl)c1C(=O)NCCNC(=O)c1ccncc1. The fourth-order valence-corrected chi connectivity index (χ4v) is 2.46. The van der Waals surface area contributed by atoms with Gasteiger partial charge in [0.15, 0.2) is 5.75 Å². The van der Waals surface area contributed by atoms with E-state index in [1.54, 1.807) is 18.2 Å². The molecule has 0 bridgehead atoms. The van der Waals surface area contributed by atoms with Crippen LogP contribution < -0.4 is 15.4 Å². The average Bonchev–Trinajstić information content (AvgIpc) is 2.60. The van der Waals surface area contributed by atoms with E-state index in [2.05, 4.69) is 15.6 Å². The fourth-order valence-electron chi connectivity index (χ4n) is 1.99. The Morgan fingerprint density at radius 2 is 1.58 bits per heavy atom. The first-order chi connectivity index (χ1) is 11.5. The number of hydrogen-bond acceptors (Lipinski definition) is 4. The van der Waals surface area contributed by atoms with Crippen LogP contribution in [-0.2, 0) is 0 Å². The third-order valence-corrected chi connectivity index (χ3v) is 3.74. The monoisotopic (exact) mass is 367 g/mol. The summed E-state index contributed by atoms with van der Waals surface area (Å²) in [6.07, 6.45) is 3.06. The van der Waals surface area contributed by atoms with Gasteiger partial charge in [-0.15, -0.1) is 0 Å². The van der Waals surface area contributed by atoms with E-state index in [0.29, 0.717) is 5.56 Å². The summed E-state index contributed by atoms with van der Waals surface area (Å²) < 4.78 is 5.13. The molecule has 8 heteroatoms. The van der Waals surface area contributed by atoms with Gasteiger partial charge in [0.2, 0.25) is 0 Å². The summed E-state index contributed by atoms with van der Waals surface area (Å²) in [6, 6.07) is 6.27. The number of benzene rings is 1. The van der Waals surface area contributed by atoms with E-state index in [-0.39, 0.29) is 40.4 Å². The molecule has 6 nitrogen and oxygen atoms in total. The minimum atomic E-state index is -0.433. The number of nitrogens with one attached hydrogen (secondary N) is 2. The number of halogens is 2. The van der Waals surface area contributed by atoms with Crippen molar-refractivity contribution in [1.29, 1.82) is 0 Å². The maximum absolute atomic E-state index is 12.3. The quantitative estimate of drug-likeness (QED) is 0.768. The van der Waals surface area contributed by atoms with Crippen LogP contribution in [0.5, 0.6) is 5.75 Å². The first-order valence-electron chi connectivity index (χ1n) is 7.03. The number of aromatic nitrogens is 1. The van der Waals surface area contributed by atoms with Gasteiger partial charge in [0.1, 0.15) is 5.56 Å². The maximum atomic E-state index is 12.3. The number of nitrogens with zero attached hydrogens (tertiary/aromatic N) is 1. The smallest absolute Gasteiger partial charge is 0.256 e. The van der Waals surface area contributed by atoms with Gasteiger partial charge < -0.3 is 15.4 Å². The van der Waals surface area contributed by atoms with Crippen LogP contribution in [0, 0.1) is 0 Å².